The number of rotatable bonds is 8. The van der Waals surface area contributed by atoms with Gasteiger partial charge in [0.2, 0.25) is 15.9 Å². The van der Waals surface area contributed by atoms with Gasteiger partial charge in [0.1, 0.15) is 23.6 Å². The molecule has 7 nitrogen and oxygen atoms in total. The van der Waals surface area contributed by atoms with Crippen molar-refractivity contribution in [3.05, 3.63) is 53.1 Å². The van der Waals surface area contributed by atoms with Gasteiger partial charge in [-0.05, 0) is 37.1 Å². The zero-order valence-corrected chi connectivity index (χ0v) is 20.3. The number of carbonyl (C=O) groups excluding carboxylic acids is 1. The average molecular weight is 481 g/mol. The van der Waals surface area contributed by atoms with Gasteiger partial charge in [0, 0.05) is 12.0 Å². The fraction of sp³-hybridized carbons (Fsp3) is 0.435. The molecule has 0 aliphatic carbocycles. The van der Waals surface area contributed by atoms with E-state index in [1.807, 2.05) is 24.3 Å². The third-order valence-corrected chi connectivity index (χ3v) is 7.37. The fourth-order valence-electron chi connectivity index (χ4n) is 4.01. The van der Waals surface area contributed by atoms with Gasteiger partial charge in [-0.1, -0.05) is 43.6 Å². The predicted octanol–water partition coefficient (Wildman–Crippen LogP) is 4.31. The smallest absolute Gasteiger partial charge is 0.241 e. The molecule has 0 fully saturated rings. The van der Waals surface area contributed by atoms with E-state index < -0.39 is 15.9 Å². The van der Waals surface area contributed by atoms with E-state index in [1.165, 1.54) is 13.2 Å². The van der Waals surface area contributed by atoms with Gasteiger partial charge in [0.25, 0.3) is 0 Å². The quantitative estimate of drug-likeness (QED) is 0.608. The van der Waals surface area contributed by atoms with E-state index in [-0.39, 0.29) is 28.9 Å². The van der Waals surface area contributed by atoms with E-state index in [2.05, 4.69) is 19.2 Å². The maximum atomic E-state index is 13.0. The summed E-state index contributed by atoms with van der Waals surface area (Å²) >= 11 is 6.17. The lowest BCUT2D eigenvalue weighted by molar-refractivity contribution is -0.121. The van der Waals surface area contributed by atoms with Gasteiger partial charge < -0.3 is 14.8 Å². The number of hydrogen-bond acceptors (Lipinski definition) is 5. The summed E-state index contributed by atoms with van der Waals surface area (Å²) in [7, 11) is -2.26. The molecule has 2 aromatic rings. The van der Waals surface area contributed by atoms with Crippen LogP contribution >= 0.6 is 11.6 Å². The first-order valence-corrected chi connectivity index (χ1v) is 12.7. The Kier molecular flexibility index (Phi) is 7.25. The van der Waals surface area contributed by atoms with Gasteiger partial charge in [0.15, 0.2) is 0 Å². The van der Waals surface area contributed by atoms with E-state index >= 15 is 0 Å². The number of ether oxygens (including phenoxy) is 2. The summed E-state index contributed by atoms with van der Waals surface area (Å²) in [5, 5.41) is 3.28. The molecule has 0 saturated heterocycles. The minimum atomic E-state index is -3.73. The Bertz CT molecular complexity index is 1090. The highest BCUT2D eigenvalue weighted by molar-refractivity contribution is 7.92. The molecule has 32 heavy (non-hydrogen) atoms. The summed E-state index contributed by atoms with van der Waals surface area (Å²) in [6, 6.07) is 11.9. The van der Waals surface area contributed by atoms with Gasteiger partial charge in [0.05, 0.1) is 30.1 Å². The normalized spacial score (nSPS) is 17.1. The fourth-order valence-corrected chi connectivity index (χ4v) is 5.11. The van der Waals surface area contributed by atoms with Crippen LogP contribution in [0.5, 0.6) is 11.5 Å². The Balaban J connectivity index is 1.86. The molecule has 1 N–H and O–H groups in total. The van der Waals surface area contributed by atoms with Crippen LogP contribution in [0.15, 0.2) is 42.5 Å². The number of benzene rings is 2. The number of para-hydroxylation sites is 1. The summed E-state index contributed by atoms with van der Waals surface area (Å²) in [5.41, 5.74) is 0.792. The molecule has 0 saturated carbocycles. The van der Waals surface area contributed by atoms with Crippen LogP contribution < -0.4 is 19.1 Å². The van der Waals surface area contributed by atoms with Crippen LogP contribution in [-0.4, -0.2) is 39.8 Å². The standard InChI is InChI=1S/C23H29ClN2O5S/c1-5-23(6-2)14-19(17-9-7-8-10-20(17)31-23)25-22(27)15-26(32(4,28)29)16-11-12-21(30-3)18(24)13-16/h7-13,19H,5-6,14-15H2,1-4H3,(H,25,27). The van der Waals surface area contributed by atoms with E-state index in [1.54, 1.807) is 12.1 Å². The minimum Gasteiger partial charge on any atom is -0.495 e. The first-order chi connectivity index (χ1) is 15.1. The third kappa shape index (κ3) is 5.13. The highest BCUT2D eigenvalue weighted by Crippen LogP contribution is 2.42. The minimum absolute atomic E-state index is 0.257. The molecule has 9 heteroatoms. The zero-order valence-electron chi connectivity index (χ0n) is 18.7. The second-order valence-electron chi connectivity index (χ2n) is 7.94. The topological polar surface area (TPSA) is 84.9 Å². The molecule has 1 unspecified atom stereocenters. The number of anilines is 1. The number of nitrogens with one attached hydrogen (secondary N) is 1. The van der Waals surface area contributed by atoms with Crippen LogP contribution in [0.4, 0.5) is 5.69 Å². The Morgan fingerprint density at radius 3 is 2.53 bits per heavy atom. The Morgan fingerprint density at radius 2 is 1.94 bits per heavy atom. The maximum Gasteiger partial charge on any atom is 0.241 e. The van der Waals surface area contributed by atoms with Gasteiger partial charge >= 0.3 is 0 Å². The highest BCUT2D eigenvalue weighted by atomic mass is 35.5. The molecule has 1 atom stereocenters. The molecular weight excluding hydrogens is 452 g/mol. The number of halogens is 1. The lowest BCUT2D eigenvalue weighted by Gasteiger charge is -2.41. The Hall–Kier alpha value is -2.45. The van der Waals surface area contributed by atoms with Crippen molar-refractivity contribution in [2.45, 2.75) is 44.8 Å². The largest absolute Gasteiger partial charge is 0.495 e. The van der Waals surface area contributed by atoms with Gasteiger partial charge in [-0.2, -0.15) is 0 Å². The number of fused-ring (bicyclic) bond motifs is 1. The first-order valence-electron chi connectivity index (χ1n) is 10.5. The molecule has 0 bridgehead atoms. The van der Waals surface area contributed by atoms with E-state index in [0.717, 1.165) is 34.7 Å². The molecule has 0 radical (unpaired) electrons. The lowest BCUT2D eigenvalue weighted by atomic mass is 9.83. The Morgan fingerprint density at radius 1 is 1.25 bits per heavy atom. The molecule has 174 valence electrons. The monoisotopic (exact) mass is 480 g/mol. The molecule has 1 amide bonds. The van der Waals surface area contributed by atoms with Crippen LogP contribution in [0.2, 0.25) is 5.02 Å². The summed E-state index contributed by atoms with van der Waals surface area (Å²) in [5.74, 6) is 0.752. The van der Waals surface area contributed by atoms with Crippen molar-refractivity contribution in [1.82, 2.24) is 5.32 Å². The Labute approximate surface area is 194 Å². The third-order valence-electron chi connectivity index (χ3n) is 5.93. The van der Waals surface area contributed by atoms with E-state index in [9.17, 15) is 13.2 Å². The summed E-state index contributed by atoms with van der Waals surface area (Å²) < 4.78 is 37.4. The molecule has 2 aromatic carbocycles. The number of carbonyl (C=O) groups is 1. The second kappa shape index (κ2) is 9.58. The highest BCUT2D eigenvalue weighted by Gasteiger charge is 2.39. The number of hydrogen-bond donors (Lipinski definition) is 1. The van der Waals surface area contributed by atoms with Crippen LogP contribution in [0, 0.1) is 0 Å². The molecule has 1 aliphatic heterocycles. The van der Waals surface area contributed by atoms with Gasteiger partial charge in [-0.15, -0.1) is 0 Å². The predicted molar refractivity (Wildman–Crippen MR) is 126 cm³/mol. The van der Waals surface area contributed by atoms with Crippen molar-refractivity contribution < 1.29 is 22.7 Å². The van der Waals surface area contributed by atoms with Crippen LogP contribution in [0.1, 0.15) is 44.7 Å². The second-order valence-corrected chi connectivity index (χ2v) is 10.3. The van der Waals surface area contributed by atoms with Crippen molar-refractivity contribution in [3.8, 4) is 11.5 Å². The van der Waals surface area contributed by atoms with Crippen molar-refractivity contribution in [2.75, 3.05) is 24.2 Å². The van der Waals surface area contributed by atoms with Crippen LogP contribution in [0.25, 0.3) is 0 Å². The molecule has 0 spiro atoms. The number of sulfonamides is 1. The average Bonchev–Trinajstić information content (AvgIpc) is 2.76. The summed E-state index contributed by atoms with van der Waals surface area (Å²) in [6.07, 6.45) is 3.26. The summed E-state index contributed by atoms with van der Waals surface area (Å²) in [4.78, 5) is 13.0. The van der Waals surface area contributed by atoms with Gasteiger partial charge in [-0.3, -0.25) is 9.10 Å². The van der Waals surface area contributed by atoms with Gasteiger partial charge in [-0.25, -0.2) is 8.42 Å². The maximum absolute atomic E-state index is 13.0. The van der Waals surface area contributed by atoms with Crippen molar-refractivity contribution in [3.63, 3.8) is 0 Å². The zero-order chi connectivity index (χ0) is 23.5. The molecule has 0 aromatic heterocycles. The molecule has 3 rings (SSSR count). The van der Waals surface area contributed by atoms with Crippen molar-refractivity contribution >= 4 is 33.2 Å². The lowest BCUT2D eigenvalue weighted by Crippen LogP contribution is -2.47. The molecule has 1 aliphatic rings. The van der Waals surface area contributed by atoms with Crippen LogP contribution in [0.3, 0.4) is 0 Å². The van der Waals surface area contributed by atoms with Crippen LogP contribution in [-0.2, 0) is 14.8 Å². The first kappa shape index (κ1) is 24.2. The molecular formula is C23H29ClN2O5S. The summed E-state index contributed by atoms with van der Waals surface area (Å²) in [6.45, 7) is 3.76. The SMILES string of the molecule is CCC1(CC)CC(NC(=O)CN(c2ccc(OC)c(Cl)c2)S(C)(=O)=O)c2ccccc2O1. The number of nitrogens with zero attached hydrogens (tertiary/aromatic N) is 1. The number of amides is 1. The van der Waals surface area contributed by atoms with Crippen molar-refractivity contribution in [1.29, 1.82) is 0 Å². The molecule has 1 heterocycles. The van der Waals surface area contributed by atoms with E-state index in [4.69, 9.17) is 21.1 Å². The van der Waals surface area contributed by atoms with E-state index in [0.29, 0.717) is 12.2 Å². The number of methoxy groups -OCH3 is 1. The van der Waals surface area contributed by atoms with Crippen molar-refractivity contribution in [2.24, 2.45) is 0 Å².